The van der Waals surface area contributed by atoms with Crippen LogP contribution in [-0.2, 0) is 6.54 Å². The molecule has 2 aromatic carbocycles. The number of hydrogen-bond donors (Lipinski definition) is 4. The first-order valence-electron chi connectivity index (χ1n) is 8.18. The third-order valence-electron chi connectivity index (χ3n) is 4.80. The second-order valence-corrected chi connectivity index (χ2v) is 6.31. The van der Waals surface area contributed by atoms with E-state index >= 15 is 0 Å². The Bertz CT molecular complexity index is 706. The van der Waals surface area contributed by atoms with Gasteiger partial charge in [0.2, 0.25) is 0 Å². The predicted molar refractivity (Wildman–Crippen MR) is 90.6 cm³/mol. The highest BCUT2D eigenvalue weighted by Gasteiger charge is 2.21. The van der Waals surface area contributed by atoms with Gasteiger partial charge in [-0.3, -0.25) is 0 Å². The molecule has 0 heterocycles. The van der Waals surface area contributed by atoms with Gasteiger partial charge in [-0.05, 0) is 65.3 Å². The minimum Gasteiger partial charge on any atom is -0.508 e. The molecular formula is C19H23NO3. The van der Waals surface area contributed by atoms with Crippen LogP contribution in [0, 0.1) is 0 Å². The highest BCUT2D eigenvalue weighted by molar-refractivity contribution is 5.72. The zero-order chi connectivity index (χ0) is 16.4. The molecule has 0 aliphatic heterocycles. The van der Waals surface area contributed by atoms with Crippen molar-refractivity contribution in [3.63, 3.8) is 0 Å². The van der Waals surface area contributed by atoms with E-state index in [4.69, 9.17) is 5.73 Å². The summed E-state index contributed by atoms with van der Waals surface area (Å²) >= 11 is 0. The number of rotatable bonds is 3. The molecule has 0 aromatic heterocycles. The van der Waals surface area contributed by atoms with Crippen LogP contribution in [0.3, 0.4) is 0 Å². The molecule has 0 atom stereocenters. The Morgan fingerprint density at radius 1 is 0.870 bits per heavy atom. The fraction of sp³-hybridized carbons (Fsp3) is 0.368. The summed E-state index contributed by atoms with van der Waals surface area (Å²) in [5, 5.41) is 29.7. The summed E-state index contributed by atoms with van der Waals surface area (Å²) in [7, 11) is 0. The molecule has 1 saturated carbocycles. The van der Waals surface area contributed by atoms with Gasteiger partial charge in [0.05, 0.1) is 0 Å². The number of nitrogens with two attached hydrogens (primary N) is 1. The topological polar surface area (TPSA) is 86.7 Å². The van der Waals surface area contributed by atoms with Crippen molar-refractivity contribution >= 4 is 0 Å². The van der Waals surface area contributed by atoms with Gasteiger partial charge >= 0.3 is 0 Å². The Kier molecular flexibility index (Phi) is 4.44. The maximum absolute atomic E-state index is 10.4. The lowest BCUT2D eigenvalue weighted by atomic mass is 9.82. The molecular weight excluding hydrogens is 290 g/mol. The molecule has 0 radical (unpaired) electrons. The molecule has 0 saturated heterocycles. The molecule has 3 rings (SSSR count). The van der Waals surface area contributed by atoms with E-state index in [-0.39, 0.29) is 11.5 Å². The fourth-order valence-electron chi connectivity index (χ4n) is 3.52. The van der Waals surface area contributed by atoms with Gasteiger partial charge in [-0.1, -0.05) is 25.3 Å². The molecule has 23 heavy (non-hydrogen) atoms. The SMILES string of the molecule is NCc1cc(O)c(C2CCCCC2)cc1-c1ccc(O)c(O)c1. The van der Waals surface area contributed by atoms with Crippen LogP contribution >= 0.6 is 0 Å². The Labute approximate surface area is 136 Å². The van der Waals surface area contributed by atoms with Crippen molar-refractivity contribution < 1.29 is 15.3 Å². The van der Waals surface area contributed by atoms with Crippen LogP contribution in [0.2, 0.25) is 0 Å². The number of phenolic OH excluding ortho intramolecular Hbond substituents is 3. The van der Waals surface area contributed by atoms with Crippen molar-refractivity contribution in [3.05, 3.63) is 41.5 Å². The first-order valence-corrected chi connectivity index (χ1v) is 8.18. The lowest BCUT2D eigenvalue weighted by Gasteiger charge is -2.24. The second-order valence-electron chi connectivity index (χ2n) is 6.31. The predicted octanol–water partition coefficient (Wildman–Crippen LogP) is 3.98. The third-order valence-corrected chi connectivity index (χ3v) is 4.80. The zero-order valence-electron chi connectivity index (χ0n) is 13.1. The number of aromatic hydroxyl groups is 3. The molecule has 0 unspecified atom stereocenters. The van der Waals surface area contributed by atoms with Crippen LogP contribution in [0.25, 0.3) is 11.1 Å². The molecule has 2 aromatic rings. The van der Waals surface area contributed by atoms with E-state index in [1.807, 2.05) is 6.07 Å². The van der Waals surface area contributed by atoms with Crippen LogP contribution in [-0.4, -0.2) is 15.3 Å². The average molecular weight is 313 g/mol. The molecule has 122 valence electrons. The second kappa shape index (κ2) is 6.50. The Balaban J connectivity index is 2.08. The van der Waals surface area contributed by atoms with E-state index in [1.54, 1.807) is 12.1 Å². The van der Waals surface area contributed by atoms with E-state index < -0.39 is 0 Å². The normalized spacial score (nSPS) is 15.7. The molecule has 1 aliphatic carbocycles. The fourth-order valence-corrected chi connectivity index (χ4v) is 3.52. The minimum atomic E-state index is -0.155. The van der Waals surface area contributed by atoms with E-state index in [2.05, 4.69) is 0 Å². The number of hydrogen-bond acceptors (Lipinski definition) is 4. The number of benzene rings is 2. The van der Waals surface area contributed by atoms with Crippen LogP contribution < -0.4 is 5.73 Å². The maximum Gasteiger partial charge on any atom is 0.158 e. The van der Waals surface area contributed by atoms with Crippen LogP contribution in [0.15, 0.2) is 30.3 Å². The third kappa shape index (κ3) is 3.13. The van der Waals surface area contributed by atoms with Crippen LogP contribution in [0.1, 0.15) is 49.1 Å². The Morgan fingerprint density at radius 2 is 1.61 bits per heavy atom. The lowest BCUT2D eigenvalue weighted by Crippen LogP contribution is -2.07. The number of phenols is 3. The summed E-state index contributed by atoms with van der Waals surface area (Å²) in [6.07, 6.45) is 5.83. The van der Waals surface area contributed by atoms with E-state index in [1.165, 1.54) is 31.4 Å². The Hall–Kier alpha value is -2.20. The van der Waals surface area contributed by atoms with Gasteiger partial charge in [0.25, 0.3) is 0 Å². The first-order chi connectivity index (χ1) is 11.1. The van der Waals surface area contributed by atoms with Gasteiger partial charge in [-0.2, -0.15) is 0 Å². The van der Waals surface area contributed by atoms with Gasteiger partial charge < -0.3 is 21.1 Å². The standard InChI is InChI=1S/C19H23NO3/c20-11-14-9-18(22)16(12-4-2-1-3-5-12)10-15(14)13-6-7-17(21)19(23)8-13/h6-10,12,21-23H,1-5,11,20H2. The van der Waals surface area contributed by atoms with Gasteiger partial charge in [0.1, 0.15) is 5.75 Å². The van der Waals surface area contributed by atoms with Crippen molar-refractivity contribution in [1.82, 2.24) is 0 Å². The molecule has 0 bridgehead atoms. The molecule has 0 amide bonds. The Morgan fingerprint density at radius 3 is 2.26 bits per heavy atom. The molecule has 4 heteroatoms. The zero-order valence-corrected chi connectivity index (χ0v) is 13.1. The van der Waals surface area contributed by atoms with E-state index in [0.29, 0.717) is 18.2 Å². The average Bonchev–Trinajstić information content (AvgIpc) is 2.58. The molecule has 1 fully saturated rings. The smallest absolute Gasteiger partial charge is 0.158 e. The minimum absolute atomic E-state index is 0.144. The van der Waals surface area contributed by atoms with Crippen molar-refractivity contribution in [1.29, 1.82) is 0 Å². The summed E-state index contributed by atoms with van der Waals surface area (Å²) in [4.78, 5) is 0. The van der Waals surface area contributed by atoms with Crippen LogP contribution in [0.4, 0.5) is 0 Å². The van der Waals surface area contributed by atoms with E-state index in [9.17, 15) is 15.3 Å². The molecule has 1 aliphatic rings. The van der Waals surface area contributed by atoms with Crippen molar-refractivity contribution in [2.75, 3.05) is 0 Å². The quantitative estimate of drug-likeness (QED) is 0.646. The van der Waals surface area contributed by atoms with Crippen molar-refractivity contribution in [3.8, 4) is 28.4 Å². The summed E-state index contributed by atoms with van der Waals surface area (Å²) in [6.45, 7) is 0.301. The summed E-state index contributed by atoms with van der Waals surface area (Å²) in [5.41, 5.74) is 9.31. The van der Waals surface area contributed by atoms with Crippen molar-refractivity contribution in [2.24, 2.45) is 5.73 Å². The summed E-state index contributed by atoms with van der Waals surface area (Å²) in [5.74, 6) is 0.385. The maximum atomic E-state index is 10.4. The monoisotopic (exact) mass is 313 g/mol. The first kappa shape index (κ1) is 15.7. The summed E-state index contributed by atoms with van der Waals surface area (Å²) in [6, 6.07) is 8.50. The van der Waals surface area contributed by atoms with Gasteiger partial charge in [0.15, 0.2) is 11.5 Å². The van der Waals surface area contributed by atoms with E-state index in [0.717, 1.165) is 35.1 Å². The molecule has 0 spiro atoms. The highest BCUT2D eigenvalue weighted by Crippen LogP contribution is 2.41. The van der Waals surface area contributed by atoms with Gasteiger partial charge in [-0.25, -0.2) is 0 Å². The molecule has 4 nitrogen and oxygen atoms in total. The summed E-state index contributed by atoms with van der Waals surface area (Å²) < 4.78 is 0. The highest BCUT2D eigenvalue weighted by atomic mass is 16.3. The van der Waals surface area contributed by atoms with Gasteiger partial charge in [-0.15, -0.1) is 0 Å². The van der Waals surface area contributed by atoms with Crippen LogP contribution in [0.5, 0.6) is 17.2 Å². The largest absolute Gasteiger partial charge is 0.508 e. The van der Waals surface area contributed by atoms with Gasteiger partial charge in [0, 0.05) is 6.54 Å². The van der Waals surface area contributed by atoms with Crippen molar-refractivity contribution in [2.45, 2.75) is 44.6 Å². The lowest BCUT2D eigenvalue weighted by molar-refractivity contribution is 0.404. The molecule has 5 N–H and O–H groups in total.